The van der Waals surface area contributed by atoms with Crippen LogP contribution in [0.3, 0.4) is 0 Å². The van der Waals surface area contributed by atoms with Gasteiger partial charge in [0.05, 0.1) is 18.4 Å². The van der Waals surface area contributed by atoms with E-state index in [1.54, 1.807) is 24.4 Å². The Morgan fingerprint density at radius 2 is 1.70 bits per heavy atom. The first-order valence-electron chi connectivity index (χ1n) is 8.00. The van der Waals surface area contributed by atoms with Gasteiger partial charge in [0.25, 0.3) is 0 Å². The second-order valence-electron chi connectivity index (χ2n) is 5.54. The second kappa shape index (κ2) is 8.60. The minimum atomic E-state index is -0.593. The Kier molecular flexibility index (Phi) is 5.98. The number of hydrogen-bond acceptors (Lipinski definition) is 4. The summed E-state index contributed by atoms with van der Waals surface area (Å²) >= 11 is 3.38. The number of ether oxygens (including phenoxy) is 2. The van der Waals surface area contributed by atoms with E-state index in [1.165, 1.54) is 31.4 Å². The van der Waals surface area contributed by atoms with Crippen LogP contribution < -0.4 is 9.47 Å². The van der Waals surface area contributed by atoms with E-state index in [4.69, 9.17) is 9.47 Å². The number of carbonyl (C=O) groups is 1. The van der Waals surface area contributed by atoms with Crippen LogP contribution in [0.25, 0.3) is 0 Å². The fraction of sp³-hybridized carbons (Fsp3) is 0.0476. The van der Waals surface area contributed by atoms with Gasteiger partial charge in [-0.25, -0.2) is 9.18 Å². The van der Waals surface area contributed by atoms with Crippen molar-refractivity contribution in [1.29, 1.82) is 0 Å². The molecule has 0 saturated carbocycles. The Morgan fingerprint density at radius 1 is 1.00 bits per heavy atom. The first kappa shape index (κ1) is 18.8. The lowest BCUT2D eigenvalue weighted by atomic mass is 10.2. The Morgan fingerprint density at radius 3 is 2.37 bits per heavy atom. The molecule has 0 saturated heterocycles. The molecule has 0 atom stereocenters. The van der Waals surface area contributed by atoms with Gasteiger partial charge in [-0.1, -0.05) is 15.9 Å². The number of carbonyl (C=O) groups excluding carboxylic acids is 1. The summed E-state index contributed by atoms with van der Waals surface area (Å²) < 4.78 is 24.6. The first-order chi connectivity index (χ1) is 13.0. The predicted molar refractivity (Wildman–Crippen MR) is 106 cm³/mol. The molecule has 0 spiro atoms. The third kappa shape index (κ3) is 5.01. The Bertz CT molecular complexity index is 970. The highest BCUT2D eigenvalue weighted by Crippen LogP contribution is 2.28. The van der Waals surface area contributed by atoms with Crippen molar-refractivity contribution >= 4 is 33.8 Å². The van der Waals surface area contributed by atoms with Crippen molar-refractivity contribution in [2.75, 3.05) is 7.11 Å². The van der Waals surface area contributed by atoms with Crippen LogP contribution >= 0.6 is 15.9 Å². The average Bonchev–Trinajstić information content (AvgIpc) is 2.68. The topological polar surface area (TPSA) is 47.9 Å². The molecular formula is C21H15BrFNO3. The van der Waals surface area contributed by atoms with E-state index in [9.17, 15) is 9.18 Å². The molecule has 0 N–H and O–H groups in total. The van der Waals surface area contributed by atoms with E-state index >= 15 is 0 Å². The maximum absolute atomic E-state index is 13.0. The van der Waals surface area contributed by atoms with Crippen molar-refractivity contribution in [2.24, 2.45) is 4.99 Å². The number of benzene rings is 3. The molecule has 0 aliphatic heterocycles. The standard InChI is InChI=1S/C21H15BrFNO3/c1-26-20-12-14(13-24-18-9-5-16(22)6-10-18)2-11-19(20)27-21(25)15-3-7-17(23)8-4-15/h2-13H,1H3. The van der Waals surface area contributed by atoms with Crippen molar-refractivity contribution < 1.29 is 18.7 Å². The predicted octanol–water partition coefficient (Wildman–Crippen LogP) is 5.57. The normalized spacial score (nSPS) is 10.8. The van der Waals surface area contributed by atoms with Gasteiger partial charge in [-0.2, -0.15) is 0 Å². The van der Waals surface area contributed by atoms with Gasteiger partial charge >= 0.3 is 5.97 Å². The molecular weight excluding hydrogens is 413 g/mol. The fourth-order valence-corrected chi connectivity index (χ4v) is 2.53. The second-order valence-corrected chi connectivity index (χ2v) is 6.46. The van der Waals surface area contributed by atoms with E-state index in [2.05, 4.69) is 20.9 Å². The monoisotopic (exact) mass is 427 g/mol. The molecule has 136 valence electrons. The number of hydrogen-bond donors (Lipinski definition) is 0. The molecule has 3 aromatic rings. The molecule has 4 nitrogen and oxygen atoms in total. The van der Waals surface area contributed by atoms with E-state index in [-0.39, 0.29) is 11.3 Å². The minimum absolute atomic E-state index is 0.249. The van der Waals surface area contributed by atoms with Crippen molar-refractivity contribution in [3.8, 4) is 11.5 Å². The Balaban J connectivity index is 1.76. The number of nitrogens with zero attached hydrogens (tertiary/aromatic N) is 1. The highest BCUT2D eigenvalue weighted by atomic mass is 79.9. The average molecular weight is 428 g/mol. The molecule has 3 aromatic carbocycles. The number of aliphatic imine (C=N–C) groups is 1. The molecule has 0 bridgehead atoms. The van der Waals surface area contributed by atoms with Gasteiger partial charge in [0.1, 0.15) is 5.82 Å². The molecule has 0 amide bonds. The summed E-state index contributed by atoms with van der Waals surface area (Å²) in [7, 11) is 1.49. The van der Waals surface area contributed by atoms with Gasteiger partial charge in [0.2, 0.25) is 0 Å². The van der Waals surface area contributed by atoms with Crippen molar-refractivity contribution in [3.05, 3.63) is 88.1 Å². The highest BCUT2D eigenvalue weighted by molar-refractivity contribution is 9.10. The summed E-state index contributed by atoms with van der Waals surface area (Å²) in [4.78, 5) is 16.6. The SMILES string of the molecule is COc1cc(C=Nc2ccc(Br)cc2)ccc1OC(=O)c1ccc(F)cc1. The van der Waals surface area contributed by atoms with Crippen molar-refractivity contribution in [1.82, 2.24) is 0 Å². The van der Waals surface area contributed by atoms with Gasteiger partial charge < -0.3 is 9.47 Å². The van der Waals surface area contributed by atoms with Crippen LogP contribution in [-0.2, 0) is 0 Å². The van der Waals surface area contributed by atoms with Crippen LogP contribution in [0.4, 0.5) is 10.1 Å². The zero-order chi connectivity index (χ0) is 19.2. The third-order valence-electron chi connectivity index (χ3n) is 3.66. The Labute approximate surface area is 164 Å². The number of rotatable bonds is 5. The maximum atomic E-state index is 13.0. The molecule has 0 aliphatic rings. The molecule has 3 rings (SSSR count). The summed E-state index contributed by atoms with van der Waals surface area (Å²) in [6, 6.07) is 17.8. The zero-order valence-corrected chi connectivity index (χ0v) is 15.9. The highest BCUT2D eigenvalue weighted by Gasteiger charge is 2.13. The molecule has 0 unspecified atom stereocenters. The van der Waals surface area contributed by atoms with E-state index < -0.39 is 11.8 Å². The van der Waals surface area contributed by atoms with Crippen molar-refractivity contribution in [3.63, 3.8) is 0 Å². The molecule has 0 aliphatic carbocycles. The zero-order valence-electron chi connectivity index (χ0n) is 14.4. The van der Waals surface area contributed by atoms with Crippen LogP contribution in [0, 0.1) is 5.82 Å². The van der Waals surface area contributed by atoms with Crippen LogP contribution in [0.1, 0.15) is 15.9 Å². The summed E-state index contributed by atoms with van der Waals surface area (Å²) in [5, 5.41) is 0. The Hall–Kier alpha value is -2.99. The summed E-state index contributed by atoms with van der Waals surface area (Å²) in [6.07, 6.45) is 1.69. The number of halogens is 2. The van der Waals surface area contributed by atoms with Crippen molar-refractivity contribution in [2.45, 2.75) is 0 Å². The summed E-state index contributed by atoms with van der Waals surface area (Å²) in [5.74, 6) is -0.346. The smallest absolute Gasteiger partial charge is 0.343 e. The summed E-state index contributed by atoms with van der Waals surface area (Å²) in [6.45, 7) is 0. The minimum Gasteiger partial charge on any atom is -0.493 e. The van der Waals surface area contributed by atoms with E-state index in [1.807, 2.05) is 24.3 Å². The van der Waals surface area contributed by atoms with Gasteiger partial charge in [0, 0.05) is 10.7 Å². The van der Waals surface area contributed by atoms with Gasteiger partial charge in [-0.05, 0) is 72.3 Å². The van der Waals surface area contributed by atoms with Crippen LogP contribution in [-0.4, -0.2) is 19.3 Å². The lowest BCUT2D eigenvalue weighted by Crippen LogP contribution is -2.09. The van der Waals surface area contributed by atoms with E-state index in [0.717, 1.165) is 15.7 Å². The molecule has 6 heteroatoms. The summed E-state index contributed by atoms with van der Waals surface area (Å²) in [5.41, 5.74) is 1.85. The van der Waals surface area contributed by atoms with Crippen LogP contribution in [0.2, 0.25) is 0 Å². The molecule has 0 radical (unpaired) electrons. The van der Waals surface area contributed by atoms with Gasteiger partial charge in [-0.15, -0.1) is 0 Å². The molecule has 0 aromatic heterocycles. The fourth-order valence-electron chi connectivity index (χ4n) is 2.27. The number of methoxy groups -OCH3 is 1. The third-order valence-corrected chi connectivity index (χ3v) is 4.19. The largest absolute Gasteiger partial charge is 0.493 e. The maximum Gasteiger partial charge on any atom is 0.343 e. The van der Waals surface area contributed by atoms with Crippen LogP contribution in [0.5, 0.6) is 11.5 Å². The number of esters is 1. The van der Waals surface area contributed by atoms with E-state index in [0.29, 0.717) is 5.75 Å². The molecule has 0 fully saturated rings. The van der Waals surface area contributed by atoms with Gasteiger partial charge in [-0.3, -0.25) is 4.99 Å². The lowest BCUT2D eigenvalue weighted by Gasteiger charge is -2.10. The quantitative estimate of drug-likeness (QED) is 0.304. The molecule has 0 heterocycles. The van der Waals surface area contributed by atoms with Crippen LogP contribution in [0.15, 0.2) is 76.2 Å². The lowest BCUT2D eigenvalue weighted by molar-refractivity contribution is 0.0729. The molecule has 27 heavy (non-hydrogen) atoms. The first-order valence-corrected chi connectivity index (χ1v) is 8.80. The van der Waals surface area contributed by atoms with Gasteiger partial charge in [0.15, 0.2) is 11.5 Å².